The van der Waals surface area contributed by atoms with E-state index in [1.165, 1.54) is 22.7 Å². The summed E-state index contributed by atoms with van der Waals surface area (Å²) < 4.78 is 19.1. The van der Waals surface area contributed by atoms with E-state index in [9.17, 15) is 9.59 Å². The average Bonchev–Trinajstić information content (AvgIpc) is 3.49. The Hall–Kier alpha value is -3.17. The van der Waals surface area contributed by atoms with Crippen molar-refractivity contribution in [2.45, 2.75) is 59.1 Å². The number of carbonyl (C=O) groups is 1. The second-order valence-corrected chi connectivity index (χ2v) is 11.0. The molecule has 0 spiro atoms. The summed E-state index contributed by atoms with van der Waals surface area (Å²) in [7, 11) is 1.60. The zero-order valence-corrected chi connectivity index (χ0v) is 23.4. The molecule has 1 aromatic carbocycles. The van der Waals surface area contributed by atoms with Crippen LogP contribution in [0.25, 0.3) is 6.08 Å². The minimum absolute atomic E-state index is 0.205. The second kappa shape index (κ2) is 11.9. The number of allylic oxidation sites excluding steroid dienone is 1. The number of ether oxygens (including phenoxy) is 3. The van der Waals surface area contributed by atoms with Crippen molar-refractivity contribution in [3.63, 3.8) is 0 Å². The number of fused-ring (bicyclic) bond motifs is 1. The predicted octanol–water partition coefficient (Wildman–Crippen LogP) is 4.83. The van der Waals surface area contributed by atoms with Crippen molar-refractivity contribution < 1.29 is 19.0 Å². The number of benzene rings is 1. The number of aromatic nitrogens is 1. The van der Waals surface area contributed by atoms with E-state index < -0.39 is 12.0 Å². The van der Waals surface area contributed by atoms with Crippen LogP contribution in [0.3, 0.4) is 0 Å². The lowest BCUT2D eigenvalue weighted by molar-refractivity contribution is -0.143. The Kier molecular flexibility index (Phi) is 8.66. The highest BCUT2D eigenvalue weighted by molar-refractivity contribution is 7.10. The molecule has 2 aromatic heterocycles. The Labute approximate surface area is 224 Å². The number of methoxy groups -OCH3 is 1. The smallest absolute Gasteiger partial charge is 0.338 e. The van der Waals surface area contributed by atoms with Crippen LogP contribution in [0.15, 0.2) is 56.8 Å². The van der Waals surface area contributed by atoms with E-state index >= 15 is 0 Å². The number of esters is 1. The highest BCUT2D eigenvalue weighted by Gasteiger charge is 2.34. The molecule has 37 heavy (non-hydrogen) atoms. The zero-order chi connectivity index (χ0) is 26.5. The summed E-state index contributed by atoms with van der Waals surface area (Å²) in [6, 6.07) is 8.89. The number of thiophene rings is 1. The first kappa shape index (κ1) is 26.9. The summed E-state index contributed by atoms with van der Waals surface area (Å²) in [4.78, 5) is 32.8. The van der Waals surface area contributed by atoms with Gasteiger partial charge < -0.3 is 14.2 Å². The maximum atomic E-state index is 13.7. The molecule has 9 heteroatoms. The molecule has 3 heterocycles. The molecule has 0 amide bonds. The van der Waals surface area contributed by atoms with E-state index in [1.54, 1.807) is 32.4 Å². The van der Waals surface area contributed by atoms with Gasteiger partial charge in [0.15, 0.2) is 16.3 Å². The van der Waals surface area contributed by atoms with Crippen LogP contribution in [0.2, 0.25) is 0 Å². The molecule has 1 aliphatic rings. The largest absolute Gasteiger partial charge is 0.493 e. The maximum absolute atomic E-state index is 13.7. The van der Waals surface area contributed by atoms with Gasteiger partial charge in [-0.2, -0.15) is 0 Å². The van der Waals surface area contributed by atoms with E-state index in [-0.39, 0.29) is 11.7 Å². The minimum Gasteiger partial charge on any atom is -0.493 e. The number of carbonyl (C=O) groups excluding carboxylic acids is 1. The number of nitrogens with zero attached hydrogens (tertiary/aromatic N) is 2. The van der Waals surface area contributed by atoms with Crippen LogP contribution >= 0.6 is 22.7 Å². The minimum atomic E-state index is -0.585. The van der Waals surface area contributed by atoms with Crippen LogP contribution in [0.4, 0.5) is 0 Å². The van der Waals surface area contributed by atoms with Crippen LogP contribution in [0, 0.1) is 0 Å². The molecule has 1 unspecified atom stereocenters. The fourth-order valence-corrected chi connectivity index (χ4v) is 6.03. The highest BCUT2D eigenvalue weighted by atomic mass is 32.1. The summed E-state index contributed by atoms with van der Waals surface area (Å²) in [5, 5.41) is 1.93. The van der Waals surface area contributed by atoms with Gasteiger partial charge in [0.1, 0.15) is 6.04 Å². The Bertz CT molecular complexity index is 1460. The van der Waals surface area contributed by atoms with E-state index in [2.05, 4.69) is 11.9 Å². The van der Waals surface area contributed by atoms with Crippen molar-refractivity contribution in [2.75, 3.05) is 13.7 Å². The average molecular weight is 541 g/mol. The fraction of sp³-hybridized carbons (Fsp3) is 0.393. The van der Waals surface area contributed by atoms with Crippen LogP contribution in [0.1, 0.15) is 63.4 Å². The van der Waals surface area contributed by atoms with Crippen molar-refractivity contribution in [1.29, 1.82) is 0 Å². The fourth-order valence-electron chi connectivity index (χ4n) is 4.16. The maximum Gasteiger partial charge on any atom is 0.338 e. The molecule has 1 aliphatic heterocycles. The topological polar surface area (TPSA) is 79.1 Å². The van der Waals surface area contributed by atoms with E-state index in [4.69, 9.17) is 14.2 Å². The van der Waals surface area contributed by atoms with Gasteiger partial charge >= 0.3 is 5.97 Å². The molecular weight excluding hydrogens is 508 g/mol. The molecule has 0 saturated carbocycles. The van der Waals surface area contributed by atoms with Gasteiger partial charge in [0, 0.05) is 4.88 Å². The molecule has 1 atom stereocenters. The number of thiazole rings is 1. The van der Waals surface area contributed by atoms with Crippen LogP contribution in [-0.4, -0.2) is 30.4 Å². The summed E-state index contributed by atoms with van der Waals surface area (Å²) in [6.07, 6.45) is 4.77. The third-order valence-electron chi connectivity index (χ3n) is 5.89. The summed E-state index contributed by atoms with van der Waals surface area (Å²) in [5.74, 6) is 0.839. The van der Waals surface area contributed by atoms with Crippen LogP contribution in [-0.2, 0) is 9.53 Å². The first-order valence-corrected chi connectivity index (χ1v) is 14.1. The highest BCUT2D eigenvalue weighted by Crippen LogP contribution is 2.33. The lowest BCUT2D eigenvalue weighted by Gasteiger charge is -2.24. The molecule has 0 aliphatic carbocycles. The Morgan fingerprint density at radius 2 is 2.03 bits per heavy atom. The molecule has 196 valence electrons. The Morgan fingerprint density at radius 3 is 2.70 bits per heavy atom. The molecule has 4 rings (SSSR count). The molecule has 7 nitrogen and oxygen atoms in total. The van der Waals surface area contributed by atoms with Gasteiger partial charge in [0.2, 0.25) is 0 Å². The van der Waals surface area contributed by atoms with Crippen molar-refractivity contribution in [3.8, 4) is 11.5 Å². The van der Waals surface area contributed by atoms with Crippen molar-refractivity contribution in [1.82, 2.24) is 4.57 Å². The van der Waals surface area contributed by atoms with Crippen molar-refractivity contribution in [2.24, 2.45) is 4.99 Å². The first-order chi connectivity index (χ1) is 17.8. The lowest BCUT2D eigenvalue weighted by Crippen LogP contribution is -2.39. The molecule has 0 bridgehead atoms. The quantitative estimate of drug-likeness (QED) is 0.272. The third kappa shape index (κ3) is 5.88. The third-order valence-corrected chi connectivity index (χ3v) is 7.80. The van der Waals surface area contributed by atoms with Gasteiger partial charge in [0.05, 0.1) is 35.6 Å². The number of unbranched alkanes of at least 4 members (excludes halogenated alkanes) is 2. The lowest BCUT2D eigenvalue weighted by atomic mass is 10.0. The molecule has 0 fully saturated rings. The summed E-state index contributed by atoms with van der Waals surface area (Å²) >= 11 is 2.79. The van der Waals surface area contributed by atoms with Gasteiger partial charge in [-0.25, -0.2) is 9.79 Å². The standard InChI is InChI=1S/C28H32N2O5S2/c1-6-7-8-13-34-20-12-11-19(15-21(20)33-5)16-23-26(31)30-25(22-10-9-14-36-22)24(27(32)35-17(2)3)18(4)29-28(30)37-23/h9-12,14-17,25H,6-8,13H2,1-5H3/b23-16-. The summed E-state index contributed by atoms with van der Waals surface area (Å²) in [5.41, 5.74) is 1.55. The molecule has 3 aromatic rings. The van der Waals surface area contributed by atoms with Gasteiger partial charge in [-0.1, -0.05) is 43.2 Å². The zero-order valence-electron chi connectivity index (χ0n) is 21.8. The Balaban J connectivity index is 1.75. The second-order valence-electron chi connectivity index (χ2n) is 9.02. The normalized spacial score (nSPS) is 15.5. The Morgan fingerprint density at radius 1 is 1.22 bits per heavy atom. The molecule has 0 radical (unpaired) electrons. The van der Waals surface area contributed by atoms with E-state index in [0.29, 0.717) is 38.7 Å². The van der Waals surface area contributed by atoms with E-state index in [1.807, 2.05) is 41.8 Å². The SMILES string of the molecule is CCCCCOc1ccc(/C=c2\sc3n(c2=O)C(c2cccs2)C(C(=O)OC(C)C)=C(C)N=3)cc1OC. The number of rotatable bonds is 10. The van der Waals surface area contributed by atoms with Crippen molar-refractivity contribution >= 4 is 34.7 Å². The predicted molar refractivity (Wildman–Crippen MR) is 147 cm³/mol. The van der Waals surface area contributed by atoms with Crippen LogP contribution < -0.4 is 24.4 Å². The van der Waals surface area contributed by atoms with Gasteiger partial charge in [-0.15, -0.1) is 11.3 Å². The summed E-state index contributed by atoms with van der Waals surface area (Å²) in [6.45, 7) is 8.18. The molecule has 0 saturated heterocycles. The molecule has 0 N–H and O–H groups in total. The monoisotopic (exact) mass is 540 g/mol. The molecular formula is C28H32N2O5S2. The van der Waals surface area contributed by atoms with Gasteiger partial charge in [-0.3, -0.25) is 9.36 Å². The van der Waals surface area contributed by atoms with Gasteiger partial charge in [0.25, 0.3) is 5.56 Å². The van der Waals surface area contributed by atoms with E-state index in [0.717, 1.165) is 29.7 Å². The van der Waals surface area contributed by atoms with Gasteiger partial charge in [-0.05, 0) is 62.4 Å². The first-order valence-electron chi connectivity index (χ1n) is 12.4. The number of hydrogen-bond acceptors (Lipinski definition) is 8. The number of hydrogen-bond donors (Lipinski definition) is 0. The van der Waals surface area contributed by atoms with Crippen LogP contribution in [0.5, 0.6) is 11.5 Å². The van der Waals surface area contributed by atoms with Crippen molar-refractivity contribution in [3.05, 3.63) is 77.1 Å².